The van der Waals surface area contributed by atoms with Gasteiger partial charge in [0, 0.05) is 0 Å². The lowest BCUT2D eigenvalue weighted by Crippen LogP contribution is -2.09. The summed E-state index contributed by atoms with van der Waals surface area (Å²) in [6.07, 6.45) is 1.66. The Hall–Kier alpha value is -2.88. The monoisotopic (exact) mass is 294 g/mol. The Morgan fingerprint density at radius 3 is 2.64 bits per heavy atom. The summed E-state index contributed by atoms with van der Waals surface area (Å²) in [7, 11) is 0. The average Bonchev–Trinajstić information content (AvgIpc) is 2.54. The minimum absolute atomic E-state index is 0.0149. The predicted molar refractivity (Wildman–Crippen MR) is 83.4 cm³/mol. The Balaban J connectivity index is 1.98. The van der Waals surface area contributed by atoms with Crippen molar-refractivity contribution >= 4 is 17.3 Å². The van der Waals surface area contributed by atoms with Gasteiger partial charge in [0.1, 0.15) is 29.6 Å². The van der Waals surface area contributed by atoms with Crippen LogP contribution in [0.4, 0.5) is 0 Å². The molecule has 22 heavy (non-hydrogen) atoms. The van der Waals surface area contributed by atoms with Crippen LogP contribution in [-0.2, 0) is 6.61 Å². The van der Waals surface area contributed by atoms with E-state index in [9.17, 15) is 9.59 Å². The zero-order valence-electron chi connectivity index (χ0n) is 12.0. The van der Waals surface area contributed by atoms with Crippen molar-refractivity contribution in [2.75, 3.05) is 0 Å². The second-order valence-electron chi connectivity index (χ2n) is 5.04. The van der Waals surface area contributed by atoms with E-state index in [1.807, 2.05) is 31.2 Å². The van der Waals surface area contributed by atoms with E-state index in [-0.39, 0.29) is 11.0 Å². The highest BCUT2D eigenvalue weighted by Gasteiger charge is 2.11. The summed E-state index contributed by atoms with van der Waals surface area (Å²) >= 11 is 0. The Kier molecular flexibility index (Phi) is 3.74. The first-order valence-corrected chi connectivity index (χ1v) is 6.87. The van der Waals surface area contributed by atoms with Crippen LogP contribution in [0.2, 0.25) is 0 Å². The fraction of sp³-hybridized carbons (Fsp3) is 0.111. The summed E-state index contributed by atoms with van der Waals surface area (Å²) in [5.74, 6) is 0.413. The molecule has 0 radical (unpaired) electrons. The zero-order chi connectivity index (χ0) is 15.5. The molecule has 0 N–H and O–H groups in total. The van der Waals surface area contributed by atoms with Gasteiger partial charge in [-0.25, -0.2) is 0 Å². The van der Waals surface area contributed by atoms with Crippen molar-refractivity contribution in [2.24, 2.45) is 0 Å². The normalized spacial score (nSPS) is 10.6. The molecule has 2 aromatic carbocycles. The summed E-state index contributed by atoms with van der Waals surface area (Å²) in [6.45, 7) is 2.35. The molecule has 0 unspecified atom stereocenters. The number of hydrogen-bond acceptors (Lipinski definition) is 4. The fourth-order valence-electron chi connectivity index (χ4n) is 2.20. The van der Waals surface area contributed by atoms with Crippen molar-refractivity contribution in [3.05, 3.63) is 75.6 Å². The van der Waals surface area contributed by atoms with Crippen LogP contribution in [-0.4, -0.2) is 6.29 Å². The Labute approximate surface area is 127 Å². The van der Waals surface area contributed by atoms with Gasteiger partial charge >= 0.3 is 0 Å². The zero-order valence-corrected chi connectivity index (χ0v) is 12.0. The first kappa shape index (κ1) is 14.1. The maximum atomic E-state index is 12.3. The first-order chi connectivity index (χ1) is 10.7. The van der Waals surface area contributed by atoms with Crippen LogP contribution in [0.5, 0.6) is 5.75 Å². The molecule has 0 amide bonds. The molecule has 0 spiro atoms. The van der Waals surface area contributed by atoms with Gasteiger partial charge in [0.05, 0.1) is 5.56 Å². The number of fused-ring (bicyclic) bond motifs is 1. The van der Waals surface area contributed by atoms with Crippen molar-refractivity contribution in [1.29, 1.82) is 0 Å². The largest absolute Gasteiger partial charge is 0.488 e. The molecule has 3 rings (SSSR count). The van der Waals surface area contributed by atoms with Crippen LogP contribution in [0.1, 0.15) is 21.5 Å². The molecule has 0 saturated carbocycles. The van der Waals surface area contributed by atoms with Crippen molar-refractivity contribution in [1.82, 2.24) is 0 Å². The molecule has 0 aliphatic carbocycles. The molecule has 3 aromatic rings. The number of rotatable bonds is 4. The van der Waals surface area contributed by atoms with Crippen LogP contribution in [0.15, 0.2) is 57.9 Å². The standard InChI is InChI=1S/C18H14O4/c1-12-5-7-13(8-6-12)10-21-15-3-2-4-16-17(15)18(20)14(9-19)11-22-16/h2-9,11H,10H2,1H3. The molecular formula is C18H14O4. The topological polar surface area (TPSA) is 56.5 Å². The van der Waals surface area contributed by atoms with E-state index in [1.54, 1.807) is 18.2 Å². The van der Waals surface area contributed by atoms with Crippen LogP contribution in [0.25, 0.3) is 11.0 Å². The minimum Gasteiger partial charge on any atom is -0.488 e. The van der Waals surface area contributed by atoms with Crippen molar-refractivity contribution in [2.45, 2.75) is 13.5 Å². The van der Waals surface area contributed by atoms with Gasteiger partial charge in [0.2, 0.25) is 5.43 Å². The molecule has 0 saturated heterocycles. The highest BCUT2D eigenvalue weighted by molar-refractivity contribution is 5.88. The lowest BCUT2D eigenvalue weighted by atomic mass is 10.1. The Morgan fingerprint density at radius 2 is 1.91 bits per heavy atom. The van der Waals surface area contributed by atoms with Crippen molar-refractivity contribution < 1.29 is 13.9 Å². The summed E-state index contributed by atoms with van der Waals surface area (Å²) in [4.78, 5) is 23.2. The van der Waals surface area contributed by atoms with E-state index < -0.39 is 0 Å². The number of aryl methyl sites for hydroxylation is 1. The molecule has 1 heterocycles. The smallest absolute Gasteiger partial charge is 0.206 e. The van der Waals surface area contributed by atoms with E-state index in [0.29, 0.717) is 29.6 Å². The molecule has 0 fully saturated rings. The fourth-order valence-corrected chi connectivity index (χ4v) is 2.20. The number of carbonyl (C=O) groups excluding carboxylic acids is 1. The van der Waals surface area contributed by atoms with Gasteiger partial charge in [0.15, 0.2) is 6.29 Å². The first-order valence-electron chi connectivity index (χ1n) is 6.87. The highest BCUT2D eigenvalue weighted by Crippen LogP contribution is 2.23. The summed E-state index contributed by atoms with van der Waals surface area (Å²) < 4.78 is 11.1. The van der Waals surface area contributed by atoms with Crippen molar-refractivity contribution in [3.8, 4) is 5.75 Å². The molecule has 4 heteroatoms. The van der Waals surface area contributed by atoms with Crippen LogP contribution in [0.3, 0.4) is 0 Å². The number of hydrogen-bond donors (Lipinski definition) is 0. The highest BCUT2D eigenvalue weighted by atomic mass is 16.5. The number of ether oxygens (including phenoxy) is 1. The van der Waals surface area contributed by atoms with Gasteiger partial charge in [-0.1, -0.05) is 35.9 Å². The lowest BCUT2D eigenvalue weighted by Gasteiger charge is -2.09. The maximum Gasteiger partial charge on any atom is 0.206 e. The molecule has 4 nitrogen and oxygen atoms in total. The van der Waals surface area contributed by atoms with Gasteiger partial charge in [-0.3, -0.25) is 9.59 Å². The van der Waals surface area contributed by atoms with Crippen LogP contribution < -0.4 is 10.2 Å². The summed E-state index contributed by atoms with van der Waals surface area (Å²) in [5.41, 5.74) is 2.18. The van der Waals surface area contributed by atoms with Crippen LogP contribution in [0, 0.1) is 6.92 Å². The lowest BCUT2D eigenvalue weighted by molar-refractivity contribution is 0.112. The van der Waals surface area contributed by atoms with Crippen molar-refractivity contribution in [3.63, 3.8) is 0 Å². The van der Waals surface area contributed by atoms with Gasteiger partial charge < -0.3 is 9.15 Å². The third-order valence-electron chi connectivity index (χ3n) is 3.43. The van der Waals surface area contributed by atoms with E-state index >= 15 is 0 Å². The quantitative estimate of drug-likeness (QED) is 0.691. The Morgan fingerprint density at radius 1 is 1.14 bits per heavy atom. The molecule has 1 aromatic heterocycles. The molecule has 0 bridgehead atoms. The third kappa shape index (κ3) is 2.63. The predicted octanol–water partition coefficient (Wildman–Crippen LogP) is 3.49. The van der Waals surface area contributed by atoms with E-state index in [2.05, 4.69) is 0 Å². The number of aldehydes is 1. The maximum absolute atomic E-state index is 12.3. The van der Waals surface area contributed by atoms with E-state index in [4.69, 9.17) is 9.15 Å². The van der Waals surface area contributed by atoms with Gasteiger partial charge in [-0.15, -0.1) is 0 Å². The average molecular weight is 294 g/mol. The molecule has 110 valence electrons. The summed E-state index contributed by atoms with van der Waals surface area (Å²) in [6, 6.07) is 13.1. The Bertz CT molecular complexity index is 876. The minimum atomic E-state index is -0.379. The van der Waals surface area contributed by atoms with E-state index in [1.165, 1.54) is 11.8 Å². The van der Waals surface area contributed by atoms with Gasteiger partial charge in [-0.05, 0) is 24.6 Å². The number of benzene rings is 2. The molecule has 0 aliphatic rings. The summed E-state index contributed by atoms with van der Waals surface area (Å²) in [5, 5.41) is 0.291. The van der Waals surface area contributed by atoms with Gasteiger partial charge in [-0.2, -0.15) is 0 Å². The SMILES string of the molecule is Cc1ccc(COc2cccc3occ(C=O)c(=O)c23)cc1. The molecule has 0 aliphatic heterocycles. The number of carbonyl (C=O) groups is 1. The second-order valence-corrected chi connectivity index (χ2v) is 5.04. The van der Waals surface area contributed by atoms with E-state index in [0.717, 1.165) is 5.56 Å². The molecule has 0 atom stereocenters. The van der Waals surface area contributed by atoms with Crippen LogP contribution >= 0.6 is 0 Å². The third-order valence-corrected chi connectivity index (χ3v) is 3.43. The van der Waals surface area contributed by atoms with Gasteiger partial charge in [0.25, 0.3) is 0 Å². The second kappa shape index (κ2) is 5.85. The molecular weight excluding hydrogens is 280 g/mol.